The number of H-pyrrole nitrogens is 1. The fourth-order valence-electron chi connectivity index (χ4n) is 4.76. The predicted octanol–water partition coefficient (Wildman–Crippen LogP) is 3.94. The molecule has 2 aliphatic heterocycles. The van der Waals surface area contributed by atoms with Crippen molar-refractivity contribution in [2.45, 2.75) is 44.4 Å². The number of nitrogens with one attached hydrogen (secondary N) is 1. The lowest BCUT2D eigenvalue weighted by molar-refractivity contribution is 0.0681. The molecule has 2 fully saturated rings. The summed E-state index contributed by atoms with van der Waals surface area (Å²) in [6, 6.07) is 7.73. The van der Waals surface area contributed by atoms with Gasteiger partial charge >= 0.3 is 0 Å². The molecule has 0 radical (unpaired) electrons. The molecule has 8 heteroatoms. The van der Waals surface area contributed by atoms with E-state index in [1.807, 2.05) is 29.2 Å². The van der Waals surface area contributed by atoms with Gasteiger partial charge in [0.2, 0.25) is 5.89 Å². The Kier molecular flexibility index (Phi) is 6.12. The number of carbonyl (C=O) groups is 1. The number of aryl methyl sites for hydroxylation is 1. The van der Waals surface area contributed by atoms with E-state index < -0.39 is 0 Å². The molecule has 2 aromatic heterocycles. The maximum absolute atomic E-state index is 13.0. The number of likely N-dealkylation sites (tertiary alicyclic amines) is 1. The summed E-state index contributed by atoms with van der Waals surface area (Å²) >= 11 is 0. The van der Waals surface area contributed by atoms with Crippen molar-refractivity contribution in [2.24, 2.45) is 5.92 Å². The molecule has 170 valence electrons. The number of carbonyl (C=O) groups excluding carboxylic acids is 1. The number of hydrogen-bond acceptors (Lipinski definition) is 6. The van der Waals surface area contributed by atoms with Gasteiger partial charge in [-0.1, -0.05) is 5.16 Å². The normalized spacial score (nSPS) is 18.3. The molecule has 1 aromatic carbocycles. The van der Waals surface area contributed by atoms with Crippen LogP contribution in [0.1, 0.15) is 60.2 Å². The van der Waals surface area contributed by atoms with Crippen molar-refractivity contribution < 1.29 is 18.8 Å². The van der Waals surface area contributed by atoms with Crippen LogP contribution in [0.25, 0.3) is 10.9 Å². The van der Waals surface area contributed by atoms with Crippen molar-refractivity contribution in [1.29, 1.82) is 0 Å². The Morgan fingerprint density at radius 1 is 1.19 bits per heavy atom. The minimum Gasteiger partial charge on any atom is -0.497 e. The monoisotopic (exact) mass is 438 g/mol. The molecule has 0 aliphatic carbocycles. The number of piperidine rings is 1. The third kappa shape index (κ3) is 4.50. The third-order valence-electron chi connectivity index (χ3n) is 6.79. The molecule has 0 unspecified atom stereocenters. The van der Waals surface area contributed by atoms with Gasteiger partial charge in [-0.25, -0.2) is 0 Å². The number of aromatic amines is 1. The quantitative estimate of drug-likeness (QED) is 0.627. The highest BCUT2D eigenvalue weighted by Crippen LogP contribution is 2.27. The van der Waals surface area contributed by atoms with Crippen molar-refractivity contribution >= 4 is 16.8 Å². The van der Waals surface area contributed by atoms with Gasteiger partial charge in [0, 0.05) is 55.6 Å². The Morgan fingerprint density at radius 3 is 2.78 bits per heavy atom. The molecular weight excluding hydrogens is 408 g/mol. The number of ether oxygens (including phenoxy) is 2. The van der Waals surface area contributed by atoms with Crippen LogP contribution in [0.4, 0.5) is 0 Å². The second-order valence-electron chi connectivity index (χ2n) is 8.85. The highest BCUT2D eigenvalue weighted by atomic mass is 16.5. The second-order valence-corrected chi connectivity index (χ2v) is 8.85. The Labute approximate surface area is 187 Å². The van der Waals surface area contributed by atoms with Crippen LogP contribution in [0, 0.1) is 5.92 Å². The molecule has 5 rings (SSSR count). The lowest BCUT2D eigenvalue weighted by atomic mass is 9.92. The number of hydrogen-bond donors (Lipinski definition) is 1. The van der Waals surface area contributed by atoms with E-state index in [0.717, 1.165) is 93.2 Å². The van der Waals surface area contributed by atoms with Gasteiger partial charge in [0.15, 0.2) is 5.82 Å². The molecule has 4 heterocycles. The van der Waals surface area contributed by atoms with Gasteiger partial charge in [-0.15, -0.1) is 0 Å². The van der Waals surface area contributed by atoms with E-state index >= 15 is 0 Å². The lowest BCUT2D eigenvalue weighted by Crippen LogP contribution is -2.38. The van der Waals surface area contributed by atoms with Crippen LogP contribution in [0.3, 0.4) is 0 Å². The Morgan fingerprint density at radius 2 is 2.00 bits per heavy atom. The molecule has 0 spiro atoms. The molecule has 1 amide bonds. The van der Waals surface area contributed by atoms with Gasteiger partial charge in [0.1, 0.15) is 11.4 Å². The van der Waals surface area contributed by atoms with E-state index in [-0.39, 0.29) is 5.91 Å². The summed E-state index contributed by atoms with van der Waals surface area (Å²) < 4.78 is 16.2. The summed E-state index contributed by atoms with van der Waals surface area (Å²) in [7, 11) is 1.64. The average molecular weight is 439 g/mol. The van der Waals surface area contributed by atoms with E-state index in [0.29, 0.717) is 17.5 Å². The van der Waals surface area contributed by atoms with E-state index in [1.54, 1.807) is 7.11 Å². The molecule has 32 heavy (non-hydrogen) atoms. The molecule has 0 bridgehead atoms. The third-order valence-corrected chi connectivity index (χ3v) is 6.79. The van der Waals surface area contributed by atoms with E-state index in [1.165, 1.54) is 0 Å². The largest absolute Gasteiger partial charge is 0.497 e. The topological polar surface area (TPSA) is 93.5 Å². The van der Waals surface area contributed by atoms with Crippen LogP contribution in [-0.2, 0) is 11.2 Å². The van der Waals surface area contributed by atoms with Crippen LogP contribution >= 0.6 is 0 Å². The second kappa shape index (κ2) is 9.32. The first-order valence-corrected chi connectivity index (χ1v) is 11.6. The summed E-state index contributed by atoms with van der Waals surface area (Å²) in [5.74, 6) is 3.33. The number of aromatic nitrogens is 3. The summed E-state index contributed by atoms with van der Waals surface area (Å²) in [5.41, 5.74) is 1.56. The zero-order chi connectivity index (χ0) is 21.9. The van der Waals surface area contributed by atoms with Crippen molar-refractivity contribution in [3.63, 3.8) is 0 Å². The molecular formula is C24H30N4O4. The van der Waals surface area contributed by atoms with Crippen LogP contribution in [0.2, 0.25) is 0 Å². The van der Waals surface area contributed by atoms with Gasteiger partial charge in [-0.05, 0) is 56.2 Å². The van der Waals surface area contributed by atoms with Crippen molar-refractivity contribution in [3.05, 3.63) is 41.7 Å². The fraction of sp³-hybridized carbons (Fsp3) is 0.542. The maximum atomic E-state index is 13.0. The van der Waals surface area contributed by atoms with Crippen LogP contribution < -0.4 is 4.74 Å². The lowest BCUT2D eigenvalue weighted by Gasteiger charge is -2.31. The van der Waals surface area contributed by atoms with Crippen molar-refractivity contribution in [2.75, 3.05) is 33.4 Å². The number of rotatable bonds is 6. The van der Waals surface area contributed by atoms with Gasteiger partial charge in [0.05, 0.1) is 7.11 Å². The standard InChI is InChI=1S/C24H30N4O4/c1-30-19-4-3-18-14-21(25-20(18)15-19)24(29)28-10-6-16(7-11-28)2-5-22-26-23(32-27-22)17-8-12-31-13-9-17/h3-4,14-17,25H,2,5-13H2,1H3. The SMILES string of the molecule is COc1ccc2cc(C(=O)N3CCC(CCc4noc(C5CCOCC5)n4)CC3)[nH]c2c1. The first kappa shape index (κ1) is 21.0. The van der Waals surface area contributed by atoms with E-state index in [4.69, 9.17) is 14.0 Å². The highest BCUT2D eigenvalue weighted by molar-refractivity contribution is 5.98. The van der Waals surface area contributed by atoms with Gasteiger partial charge < -0.3 is 23.9 Å². The number of amides is 1. The molecule has 0 atom stereocenters. The number of nitrogens with zero attached hydrogens (tertiary/aromatic N) is 3. The maximum Gasteiger partial charge on any atom is 0.270 e. The summed E-state index contributed by atoms with van der Waals surface area (Å²) in [5, 5.41) is 5.21. The summed E-state index contributed by atoms with van der Waals surface area (Å²) in [6.07, 6.45) is 5.78. The molecule has 2 aliphatic rings. The van der Waals surface area contributed by atoms with Gasteiger partial charge in [-0.2, -0.15) is 4.98 Å². The minimum atomic E-state index is 0.0675. The molecule has 3 aromatic rings. The van der Waals surface area contributed by atoms with Crippen LogP contribution in [0.15, 0.2) is 28.8 Å². The average Bonchev–Trinajstić information content (AvgIpc) is 3.50. The van der Waals surface area contributed by atoms with Gasteiger partial charge in [-0.3, -0.25) is 4.79 Å². The number of fused-ring (bicyclic) bond motifs is 1. The van der Waals surface area contributed by atoms with Crippen molar-refractivity contribution in [3.8, 4) is 5.75 Å². The fourth-order valence-corrected chi connectivity index (χ4v) is 4.76. The predicted molar refractivity (Wildman–Crippen MR) is 119 cm³/mol. The first-order valence-electron chi connectivity index (χ1n) is 11.6. The first-order chi connectivity index (χ1) is 15.7. The smallest absolute Gasteiger partial charge is 0.270 e. The molecule has 1 N–H and O–H groups in total. The Bertz CT molecular complexity index is 1060. The minimum absolute atomic E-state index is 0.0675. The molecule has 2 saturated heterocycles. The number of benzene rings is 1. The highest BCUT2D eigenvalue weighted by Gasteiger charge is 2.26. The molecule has 8 nitrogen and oxygen atoms in total. The summed E-state index contributed by atoms with van der Waals surface area (Å²) in [4.78, 5) is 22.8. The zero-order valence-electron chi connectivity index (χ0n) is 18.5. The summed E-state index contributed by atoms with van der Waals surface area (Å²) in [6.45, 7) is 3.10. The zero-order valence-corrected chi connectivity index (χ0v) is 18.5. The Hall–Kier alpha value is -2.87. The van der Waals surface area contributed by atoms with E-state index in [9.17, 15) is 4.79 Å². The van der Waals surface area contributed by atoms with Gasteiger partial charge in [0.25, 0.3) is 5.91 Å². The molecule has 0 saturated carbocycles. The van der Waals surface area contributed by atoms with Crippen LogP contribution in [-0.4, -0.2) is 59.3 Å². The Balaban J connectivity index is 1.12. The van der Waals surface area contributed by atoms with E-state index in [2.05, 4.69) is 15.1 Å². The number of methoxy groups -OCH3 is 1. The van der Waals surface area contributed by atoms with Crippen molar-refractivity contribution in [1.82, 2.24) is 20.0 Å². The van der Waals surface area contributed by atoms with Crippen LogP contribution in [0.5, 0.6) is 5.75 Å².